The van der Waals surface area contributed by atoms with Crippen LogP contribution in [0.3, 0.4) is 0 Å². The van der Waals surface area contributed by atoms with Crippen molar-refractivity contribution >= 4 is 23.1 Å². The maximum absolute atomic E-state index is 12.5. The summed E-state index contributed by atoms with van der Waals surface area (Å²) < 4.78 is 0. The Morgan fingerprint density at radius 3 is 1.18 bits per heavy atom. The molecule has 0 amide bonds. The van der Waals surface area contributed by atoms with Crippen molar-refractivity contribution in [1.29, 1.82) is 0 Å². The zero-order valence-electron chi connectivity index (χ0n) is 11.3. The van der Waals surface area contributed by atoms with Crippen LogP contribution < -0.4 is 0 Å². The summed E-state index contributed by atoms with van der Waals surface area (Å²) in [6, 6.07) is 13.2. The number of ketones is 2. The number of hydrogen-bond acceptors (Lipinski definition) is 4. The summed E-state index contributed by atoms with van der Waals surface area (Å²) in [5.74, 6) is -1.42. The Kier molecular flexibility index (Phi) is 2.39. The Balaban J connectivity index is 1.96. The van der Waals surface area contributed by atoms with Gasteiger partial charge in [0.15, 0.2) is 11.6 Å². The number of allylic oxidation sites excluding steroid dienone is 2. The van der Waals surface area contributed by atoms with E-state index in [4.69, 9.17) is 0 Å². The number of carbonyl (C=O) groups excluding carboxylic acids is 2. The number of hydrogen-bond donors (Lipinski definition) is 2. The molecule has 4 nitrogen and oxygen atoms in total. The molecule has 4 heteroatoms. The normalized spacial score (nSPS) is 16.4. The lowest BCUT2D eigenvalue weighted by molar-refractivity contribution is 0.100. The highest BCUT2D eigenvalue weighted by molar-refractivity contribution is 6.33. The minimum atomic E-state index is -0.448. The molecule has 0 heterocycles. The van der Waals surface area contributed by atoms with Gasteiger partial charge in [0, 0.05) is 22.3 Å². The maximum atomic E-state index is 12.5. The lowest BCUT2D eigenvalue weighted by atomic mass is 9.99. The van der Waals surface area contributed by atoms with Gasteiger partial charge in [-0.15, -0.1) is 0 Å². The molecular weight excluding hydrogens is 280 g/mol. The number of rotatable bonds is 1. The van der Waals surface area contributed by atoms with Gasteiger partial charge in [-0.2, -0.15) is 0 Å². The number of Topliss-reactive ketones (excluding diaryl/α,β-unsaturated/α-hetero) is 2. The first-order chi connectivity index (χ1) is 10.6. The molecule has 0 saturated carbocycles. The quantitative estimate of drug-likeness (QED) is 0.845. The fraction of sp³-hybridized carbons (Fsp3) is 0. The van der Waals surface area contributed by atoms with Crippen molar-refractivity contribution in [2.75, 3.05) is 0 Å². The first-order valence-electron chi connectivity index (χ1n) is 6.76. The second kappa shape index (κ2) is 4.18. The first-order valence-corrected chi connectivity index (χ1v) is 6.76. The topological polar surface area (TPSA) is 74.6 Å². The van der Waals surface area contributed by atoms with Crippen LogP contribution in [-0.4, -0.2) is 21.8 Å². The number of aliphatic hydroxyl groups is 2. The van der Waals surface area contributed by atoms with Crippen LogP contribution in [-0.2, 0) is 0 Å². The predicted molar refractivity (Wildman–Crippen MR) is 80.6 cm³/mol. The van der Waals surface area contributed by atoms with E-state index in [1.165, 1.54) is 0 Å². The van der Waals surface area contributed by atoms with Crippen LogP contribution in [0, 0.1) is 0 Å². The highest BCUT2D eigenvalue weighted by Gasteiger charge is 2.40. The van der Waals surface area contributed by atoms with E-state index in [-0.39, 0.29) is 22.7 Å². The monoisotopic (exact) mass is 290 g/mol. The number of aliphatic hydroxyl groups excluding tert-OH is 2. The molecule has 2 aromatic carbocycles. The minimum absolute atomic E-state index is 0.125. The van der Waals surface area contributed by atoms with Gasteiger partial charge in [0.05, 0.1) is 11.1 Å². The molecule has 2 aliphatic carbocycles. The van der Waals surface area contributed by atoms with Crippen molar-refractivity contribution in [3.8, 4) is 0 Å². The average molecular weight is 290 g/mol. The Morgan fingerprint density at radius 2 is 0.864 bits per heavy atom. The van der Waals surface area contributed by atoms with E-state index in [2.05, 4.69) is 0 Å². The molecule has 0 atom stereocenters. The molecule has 0 unspecified atom stereocenters. The van der Waals surface area contributed by atoms with Crippen molar-refractivity contribution in [2.24, 2.45) is 0 Å². The van der Waals surface area contributed by atoms with Gasteiger partial charge < -0.3 is 10.2 Å². The first kappa shape index (κ1) is 12.6. The molecule has 2 N–H and O–H groups in total. The van der Waals surface area contributed by atoms with Gasteiger partial charge in [0.2, 0.25) is 0 Å². The fourth-order valence-corrected chi connectivity index (χ4v) is 2.99. The SMILES string of the molecule is O=C1C(C2=C(O)c3ccccc3C2=O)=C(O)c2ccccc21. The Morgan fingerprint density at radius 1 is 0.545 bits per heavy atom. The smallest absolute Gasteiger partial charge is 0.198 e. The van der Waals surface area contributed by atoms with Gasteiger partial charge in [0.25, 0.3) is 0 Å². The van der Waals surface area contributed by atoms with Gasteiger partial charge in [0.1, 0.15) is 11.5 Å². The molecule has 0 aliphatic heterocycles. The van der Waals surface area contributed by atoms with E-state index in [0.29, 0.717) is 22.3 Å². The second-order valence-electron chi connectivity index (χ2n) is 5.20. The number of fused-ring (bicyclic) bond motifs is 2. The van der Waals surface area contributed by atoms with Crippen LogP contribution in [0.2, 0.25) is 0 Å². The van der Waals surface area contributed by atoms with Crippen LogP contribution >= 0.6 is 0 Å². The summed E-state index contributed by atoms with van der Waals surface area (Å²) in [5, 5.41) is 20.7. The molecule has 0 spiro atoms. The highest BCUT2D eigenvalue weighted by atomic mass is 16.3. The lowest BCUT2D eigenvalue weighted by Gasteiger charge is -2.02. The summed E-state index contributed by atoms with van der Waals surface area (Å²) in [6.45, 7) is 0. The standard InChI is InChI=1S/C18H10O4/c19-15-9-5-1-2-6-10(9)16(20)13(15)14-17(21)11-7-3-4-8-12(11)18(14)22/h1-8,19,21H. The Labute approximate surface area is 125 Å². The zero-order chi connectivity index (χ0) is 15.4. The van der Waals surface area contributed by atoms with E-state index in [1.54, 1.807) is 48.5 Å². The third-order valence-electron chi connectivity index (χ3n) is 4.03. The van der Waals surface area contributed by atoms with Crippen LogP contribution in [0.4, 0.5) is 0 Å². The molecule has 0 saturated heterocycles. The largest absolute Gasteiger partial charge is 0.506 e. The third-order valence-corrected chi connectivity index (χ3v) is 4.03. The third kappa shape index (κ3) is 1.41. The van der Waals surface area contributed by atoms with Gasteiger partial charge in [-0.3, -0.25) is 9.59 Å². The van der Waals surface area contributed by atoms with E-state index in [1.807, 2.05) is 0 Å². The molecule has 0 bridgehead atoms. The molecule has 4 rings (SSSR count). The molecule has 106 valence electrons. The highest BCUT2D eigenvalue weighted by Crippen LogP contribution is 2.41. The van der Waals surface area contributed by atoms with Crippen LogP contribution in [0.1, 0.15) is 31.8 Å². The van der Waals surface area contributed by atoms with E-state index in [9.17, 15) is 19.8 Å². The molecule has 0 aromatic heterocycles. The molecule has 0 radical (unpaired) electrons. The second-order valence-corrected chi connectivity index (χ2v) is 5.20. The lowest BCUT2D eigenvalue weighted by Crippen LogP contribution is -2.08. The van der Waals surface area contributed by atoms with Crippen molar-refractivity contribution < 1.29 is 19.8 Å². The Hall–Kier alpha value is -3.14. The van der Waals surface area contributed by atoms with E-state index < -0.39 is 11.6 Å². The molecule has 22 heavy (non-hydrogen) atoms. The molecule has 2 aliphatic rings. The van der Waals surface area contributed by atoms with E-state index in [0.717, 1.165) is 0 Å². The number of benzene rings is 2. The minimum Gasteiger partial charge on any atom is -0.506 e. The van der Waals surface area contributed by atoms with Crippen LogP contribution in [0.15, 0.2) is 59.7 Å². The summed E-state index contributed by atoms with van der Waals surface area (Å²) in [4.78, 5) is 25.0. The summed E-state index contributed by atoms with van der Waals surface area (Å²) >= 11 is 0. The van der Waals surface area contributed by atoms with Gasteiger partial charge in [-0.25, -0.2) is 0 Å². The van der Waals surface area contributed by atoms with Gasteiger partial charge in [-0.05, 0) is 0 Å². The molecule has 2 aromatic rings. The van der Waals surface area contributed by atoms with Crippen molar-refractivity contribution in [2.45, 2.75) is 0 Å². The van der Waals surface area contributed by atoms with Gasteiger partial charge >= 0.3 is 0 Å². The summed E-state index contributed by atoms with van der Waals surface area (Å²) in [5.41, 5.74) is 1.18. The summed E-state index contributed by atoms with van der Waals surface area (Å²) in [7, 11) is 0. The number of carbonyl (C=O) groups is 2. The molecule has 0 fully saturated rings. The van der Waals surface area contributed by atoms with Crippen molar-refractivity contribution in [3.63, 3.8) is 0 Å². The average Bonchev–Trinajstić information content (AvgIpc) is 2.94. The maximum Gasteiger partial charge on any atom is 0.198 e. The van der Waals surface area contributed by atoms with Gasteiger partial charge in [-0.1, -0.05) is 48.5 Å². The van der Waals surface area contributed by atoms with E-state index >= 15 is 0 Å². The van der Waals surface area contributed by atoms with Crippen LogP contribution in [0.5, 0.6) is 0 Å². The zero-order valence-corrected chi connectivity index (χ0v) is 11.3. The van der Waals surface area contributed by atoms with Crippen molar-refractivity contribution in [1.82, 2.24) is 0 Å². The molecular formula is C18H10O4. The Bertz CT molecular complexity index is 854. The summed E-state index contributed by atoms with van der Waals surface area (Å²) in [6.07, 6.45) is 0. The van der Waals surface area contributed by atoms with Crippen LogP contribution in [0.25, 0.3) is 11.5 Å². The van der Waals surface area contributed by atoms with Crippen molar-refractivity contribution in [3.05, 3.63) is 81.9 Å². The fourth-order valence-electron chi connectivity index (χ4n) is 2.99. The predicted octanol–water partition coefficient (Wildman–Crippen LogP) is 3.32.